The van der Waals surface area contributed by atoms with E-state index in [4.69, 9.17) is 0 Å². The first-order chi connectivity index (χ1) is 12.7. The first kappa shape index (κ1) is 16.0. The Morgan fingerprint density at radius 2 is 2.04 bits per heavy atom. The molecule has 26 heavy (non-hydrogen) atoms. The van der Waals surface area contributed by atoms with Gasteiger partial charge in [0.25, 0.3) is 0 Å². The van der Waals surface area contributed by atoms with Crippen molar-refractivity contribution in [2.24, 2.45) is 0 Å². The van der Waals surface area contributed by atoms with Gasteiger partial charge in [-0.3, -0.25) is 4.79 Å². The summed E-state index contributed by atoms with van der Waals surface area (Å²) in [5.41, 5.74) is 2.75. The van der Waals surface area contributed by atoms with Crippen LogP contribution < -0.4 is 5.32 Å². The van der Waals surface area contributed by atoms with Crippen molar-refractivity contribution in [3.8, 4) is 5.82 Å². The van der Waals surface area contributed by atoms with Crippen molar-refractivity contribution in [1.82, 2.24) is 29.6 Å². The molecule has 0 unspecified atom stereocenters. The lowest BCUT2D eigenvalue weighted by atomic mass is 10.2. The van der Waals surface area contributed by atoms with Crippen LogP contribution in [-0.4, -0.2) is 30.2 Å². The van der Waals surface area contributed by atoms with Crippen LogP contribution in [0.15, 0.2) is 67.4 Å². The average Bonchev–Trinajstić information content (AvgIpc) is 3.36. The summed E-state index contributed by atoms with van der Waals surface area (Å²) in [6.45, 7) is 2.28. The van der Waals surface area contributed by atoms with Crippen LogP contribution in [0.3, 0.4) is 0 Å². The number of nitrogens with one attached hydrogen (secondary N) is 1. The van der Waals surface area contributed by atoms with Crippen molar-refractivity contribution < 1.29 is 4.79 Å². The van der Waals surface area contributed by atoms with E-state index in [2.05, 4.69) is 20.4 Å². The molecule has 0 spiro atoms. The van der Waals surface area contributed by atoms with Gasteiger partial charge in [-0.05, 0) is 36.8 Å². The van der Waals surface area contributed by atoms with E-state index in [1.54, 1.807) is 23.4 Å². The van der Waals surface area contributed by atoms with Crippen LogP contribution in [-0.2, 0) is 11.3 Å². The number of hydrogen-bond donors (Lipinski definition) is 1. The maximum Gasteiger partial charge on any atom is 0.243 e. The van der Waals surface area contributed by atoms with Gasteiger partial charge in [0.05, 0.1) is 17.4 Å². The van der Waals surface area contributed by atoms with Crippen LogP contribution in [0.5, 0.6) is 0 Å². The van der Waals surface area contributed by atoms with E-state index in [9.17, 15) is 4.79 Å². The molecular formula is C19H18N6O. The van der Waals surface area contributed by atoms with Gasteiger partial charge in [0.2, 0.25) is 5.91 Å². The van der Waals surface area contributed by atoms with Crippen LogP contribution in [0.4, 0.5) is 0 Å². The summed E-state index contributed by atoms with van der Waals surface area (Å²) in [7, 11) is 0. The first-order valence-electron chi connectivity index (χ1n) is 8.36. The molecule has 3 heterocycles. The summed E-state index contributed by atoms with van der Waals surface area (Å²) in [5, 5.41) is 7.10. The van der Waals surface area contributed by atoms with Crippen LogP contribution >= 0.6 is 0 Å². The number of carbonyl (C=O) groups is 1. The predicted octanol–water partition coefficient (Wildman–Crippen LogP) is 2.49. The molecule has 7 nitrogen and oxygen atoms in total. The molecule has 0 bridgehead atoms. The Bertz CT molecular complexity index is 1020. The molecule has 1 amide bonds. The van der Waals surface area contributed by atoms with Gasteiger partial charge in [-0.15, -0.1) is 0 Å². The molecule has 1 aromatic carbocycles. The van der Waals surface area contributed by atoms with Crippen LogP contribution in [0, 0.1) is 0 Å². The third-order valence-corrected chi connectivity index (χ3v) is 4.29. The zero-order valence-corrected chi connectivity index (χ0v) is 14.3. The van der Waals surface area contributed by atoms with Gasteiger partial charge in [0.15, 0.2) is 5.82 Å². The minimum absolute atomic E-state index is 0.0655. The quantitative estimate of drug-likeness (QED) is 0.602. The molecule has 130 valence electrons. The summed E-state index contributed by atoms with van der Waals surface area (Å²) in [6.07, 6.45) is 6.99. The number of rotatable bonds is 5. The summed E-state index contributed by atoms with van der Waals surface area (Å²) in [6, 6.07) is 13.1. The van der Waals surface area contributed by atoms with Crippen molar-refractivity contribution in [3.63, 3.8) is 0 Å². The lowest BCUT2D eigenvalue weighted by Crippen LogP contribution is -2.30. The van der Waals surface area contributed by atoms with Gasteiger partial charge < -0.3 is 9.88 Å². The lowest BCUT2D eigenvalue weighted by Gasteiger charge is -2.14. The monoisotopic (exact) mass is 346 g/mol. The Kier molecular flexibility index (Phi) is 4.18. The molecule has 4 rings (SSSR count). The highest BCUT2D eigenvalue weighted by atomic mass is 16.2. The molecule has 0 fully saturated rings. The Morgan fingerprint density at radius 1 is 1.15 bits per heavy atom. The van der Waals surface area contributed by atoms with E-state index in [0.717, 1.165) is 22.4 Å². The van der Waals surface area contributed by atoms with Gasteiger partial charge in [-0.1, -0.05) is 18.2 Å². The van der Waals surface area contributed by atoms with Gasteiger partial charge in [0, 0.05) is 25.1 Å². The Hall–Kier alpha value is -3.48. The second kappa shape index (κ2) is 6.79. The number of nitrogens with zero attached hydrogens (tertiary/aromatic N) is 5. The molecule has 0 radical (unpaired) electrons. The van der Waals surface area contributed by atoms with Crippen molar-refractivity contribution in [1.29, 1.82) is 0 Å². The minimum Gasteiger partial charge on any atom is -0.350 e. The van der Waals surface area contributed by atoms with Gasteiger partial charge in [-0.2, -0.15) is 5.10 Å². The van der Waals surface area contributed by atoms with Crippen molar-refractivity contribution in [2.75, 3.05) is 0 Å². The smallest absolute Gasteiger partial charge is 0.243 e. The first-order valence-corrected chi connectivity index (χ1v) is 8.36. The number of fused-ring (bicyclic) bond motifs is 1. The number of aromatic nitrogens is 5. The summed E-state index contributed by atoms with van der Waals surface area (Å²) in [5.74, 6) is 0.674. The maximum atomic E-state index is 12.5. The maximum absolute atomic E-state index is 12.5. The lowest BCUT2D eigenvalue weighted by molar-refractivity contribution is -0.123. The van der Waals surface area contributed by atoms with E-state index >= 15 is 0 Å². The fraction of sp³-hybridized carbons (Fsp3) is 0.158. The van der Waals surface area contributed by atoms with E-state index < -0.39 is 0 Å². The number of pyridine rings is 1. The molecule has 0 aliphatic rings. The number of amides is 1. The van der Waals surface area contributed by atoms with E-state index in [-0.39, 0.29) is 11.9 Å². The minimum atomic E-state index is -0.348. The topological polar surface area (TPSA) is 77.6 Å². The highest BCUT2D eigenvalue weighted by Gasteiger charge is 2.16. The van der Waals surface area contributed by atoms with Gasteiger partial charge >= 0.3 is 0 Å². The Labute approximate surface area is 150 Å². The molecule has 0 aliphatic carbocycles. The number of imidazole rings is 1. The molecule has 7 heteroatoms. The summed E-state index contributed by atoms with van der Waals surface area (Å²) in [4.78, 5) is 21.2. The number of hydrogen-bond acceptors (Lipinski definition) is 4. The molecule has 0 saturated heterocycles. The standard InChI is InChI=1S/C19H18N6O/c1-14(24-13-22-16-5-2-3-6-17(16)24)19(26)21-12-15-7-8-18(20-11-15)25-10-4-9-23-25/h2-11,13-14H,12H2,1H3,(H,21,26)/t14-/m0/s1. The fourth-order valence-electron chi connectivity index (χ4n) is 2.81. The highest BCUT2D eigenvalue weighted by Crippen LogP contribution is 2.17. The average molecular weight is 346 g/mol. The molecular weight excluding hydrogens is 328 g/mol. The highest BCUT2D eigenvalue weighted by molar-refractivity contribution is 5.83. The normalized spacial score (nSPS) is 12.2. The molecule has 4 aromatic rings. The van der Waals surface area contributed by atoms with E-state index in [1.807, 2.05) is 60.2 Å². The molecule has 1 atom stereocenters. The summed E-state index contributed by atoms with van der Waals surface area (Å²) >= 11 is 0. The predicted molar refractivity (Wildman–Crippen MR) is 97.6 cm³/mol. The van der Waals surface area contributed by atoms with Gasteiger partial charge in [-0.25, -0.2) is 14.6 Å². The van der Waals surface area contributed by atoms with Crippen molar-refractivity contribution >= 4 is 16.9 Å². The SMILES string of the molecule is C[C@@H](C(=O)NCc1ccc(-n2cccn2)nc1)n1cnc2ccccc21. The molecule has 0 saturated carbocycles. The largest absolute Gasteiger partial charge is 0.350 e. The molecule has 3 aromatic heterocycles. The van der Waals surface area contributed by atoms with E-state index in [0.29, 0.717) is 6.54 Å². The zero-order valence-electron chi connectivity index (χ0n) is 14.3. The third kappa shape index (κ3) is 3.06. The second-order valence-corrected chi connectivity index (χ2v) is 6.01. The molecule has 1 N–H and O–H groups in total. The number of benzene rings is 1. The van der Waals surface area contributed by atoms with Crippen LogP contribution in [0.2, 0.25) is 0 Å². The van der Waals surface area contributed by atoms with E-state index in [1.165, 1.54) is 0 Å². The van der Waals surface area contributed by atoms with Crippen molar-refractivity contribution in [2.45, 2.75) is 19.5 Å². The zero-order chi connectivity index (χ0) is 17.9. The number of carbonyl (C=O) groups excluding carboxylic acids is 1. The van der Waals surface area contributed by atoms with Crippen LogP contribution in [0.1, 0.15) is 18.5 Å². The Morgan fingerprint density at radius 3 is 2.81 bits per heavy atom. The Balaban J connectivity index is 1.42. The number of para-hydroxylation sites is 2. The van der Waals surface area contributed by atoms with Crippen molar-refractivity contribution in [3.05, 3.63) is 72.9 Å². The molecule has 0 aliphatic heterocycles. The third-order valence-electron chi connectivity index (χ3n) is 4.29. The fourth-order valence-corrected chi connectivity index (χ4v) is 2.81. The second-order valence-electron chi connectivity index (χ2n) is 6.01. The van der Waals surface area contributed by atoms with Crippen LogP contribution in [0.25, 0.3) is 16.9 Å². The van der Waals surface area contributed by atoms with Gasteiger partial charge in [0.1, 0.15) is 6.04 Å². The summed E-state index contributed by atoms with van der Waals surface area (Å²) < 4.78 is 3.57.